The van der Waals surface area contributed by atoms with Gasteiger partial charge in [-0.2, -0.15) is 5.10 Å². The van der Waals surface area contributed by atoms with Crippen LogP contribution in [0.25, 0.3) is 10.2 Å². The fourth-order valence-electron chi connectivity index (χ4n) is 1.80. The third-order valence-corrected chi connectivity index (χ3v) is 5.14. The molecular formula is C13H8BrClN4OS. The summed E-state index contributed by atoms with van der Waals surface area (Å²) < 4.78 is 0.763. The summed E-state index contributed by atoms with van der Waals surface area (Å²) >= 11 is 10.5. The Hall–Kier alpha value is -1.70. The highest BCUT2D eigenvalue weighted by Crippen LogP contribution is 2.32. The van der Waals surface area contributed by atoms with Gasteiger partial charge in [0.2, 0.25) is 0 Å². The number of anilines is 2. The number of rotatable bonds is 2. The zero-order valence-corrected chi connectivity index (χ0v) is 13.6. The fourth-order valence-corrected chi connectivity index (χ4v) is 3.16. The minimum absolute atomic E-state index is 0.297. The molecular weight excluding hydrogens is 376 g/mol. The molecule has 0 unspecified atom stereocenters. The monoisotopic (exact) mass is 382 g/mol. The van der Waals surface area contributed by atoms with E-state index in [0.717, 1.165) is 9.86 Å². The van der Waals surface area contributed by atoms with Crippen LogP contribution in [0.1, 0.15) is 9.67 Å². The molecule has 2 heterocycles. The number of amides is 1. The number of fused-ring (bicyclic) bond motifs is 1. The minimum atomic E-state index is -0.297. The van der Waals surface area contributed by atoms with E-state index in [0.29, 0.717) is 26.1 Å². The molecule has 0 aliphatic carbocycles. The smallest absolute Gasteiger partial charge is 0.267 e. The molecule has 0 saturated carbocycles. The van der Waals surface area contributed by atoms with Crippen LogP contribution in [0.3, 0.4) is 0 Å². The molecule has 8 heteroatoms. The van der Waals surface area contributed by atoms with Gasteiger partial charge in [0.05, 0.1) is 16.9 Å². The lowest BCUT2D eigenvalue weighted by atomic mass is 10.2. The van der Waals surface area contributed by atoms with Crippen LogP contribution in [-0.4, -0.2) is 16.1 Å². The predicted octanol–water partition coefficient (Wildman–Crippen LogP) is 3.94. The van der Waals surface area contributed by atoms with Crippen molar-refractivity contribution in [3.63, 3.8) is 0 Å². The van der Waals surface area contributed by atoms with Gasteiger partial charge in [-0.1, -0.05) is 11.6 Å². The number of thiophene rings is 1. The molecule has 3 aromatic rings. The van der Waals surface area contributed by atoms with Crippen LogP contribution in [0, 0.1) is 0 Å². The van der Waals surface area contributed by atoms with E-state index in [1.54, 1.807) is 30.5 Å². The Kier molecular flexibility index (Phi) is 3.79. The Bertz CT molecular complexity index is 851. The van der Waals surface area contributed by atoms with Crippen molar-refractivity contribution in [2.24, 2.45) is 0 Å². The van der Waals surface area contributed by atoms with Gasteiger partial charge in [0.15, 0.2) is 0 Å². The van der Waals surface area contributed by atoms with E-state index < -0.39 is 0 Å². The highest BCUT2D eigenvalue weighted by molar-refractivity contribution is 9.10. The Labute approximate surface area is 137 Å². The first kappa shape index (κ1) is 14.2. The topological polar surface area (TPSA) is 80.9 Å². The molecule has 5 nitrogen and oxygen atoms in total. The van der Waals surface area contributed by atoms with Gasteiger partial charge in [0, 0.05) is 15.5 Å². The molecule has 0 bridgehead atoms. The van der Waals surface area contributed by atoms with Crippen LogP contribution < -0.4 is 11.1 Å². The molecule has 0 fully saturated rings. The van der Waals surface area contributed by atoms with E-state index in [9.17, 15) is 4.79 Å². The number of nitrogens with zero attached hydrogens (tertiary/aromatic N) is 2. The first-order valence-electron chi connectivity index (χ1n) is 5.82. The molecule has 1 aromatic carbocycles. The van der Waals surface area contributed by atoms with Crippen LogP contribution in [0.5, 0.6) is 0 Å². The lowest BCUT2D eigenvalue weighted by Crippen LogP contribution is -2.11. The van der Waals surface area contributed by atoms with Crippen molar-refractivity contribution < 1.29 is 4.79 Å². The first-order chi connectivity index (χ1) is 10.1. The molecule has 3 rings (SSSR count). The summed E-state index contributed by atoms with van der Waals surface area (Å²) in [5.41, 5.74) is 7.00. The van der Waals surface area contributed by atoms with Crippen molar-refractivity contribution in [2.75, 3.05) is 11.1 Å². The highest BCUT2D eigenvalue weighted by Gasteiger charge is 2.17. The highest BCUT2D eigenvalue weighted by atomic mass is 79.9. The van der Waals surface area contributed by atoms with Gasteiger partial charge >= 0.3 is 0 Å². The van der Waals surface area contributed by atoms with Gasteiger partial charge in [0.25, 0.3) is 5.91 Å². The van der Waals surface area contributed by atoms with Crippen LogP contribution in [-0.2, 0) is 0 Å². The summed E-state index contributed by atoms with van der Waals surface area (Å²) in [6, 6.07) is 6.91. The van der Waals surface area contributed by atoms with Crippen LogP contribution >= 0.6 is 38.9 Å². The largest absolute Gasteiger partial charge is 0.397 e. The van der Waals surface area contributed by atoms with Gasteiger partial charge in [-0.25, -0.2) is 0 Å². The zero-order valence-electron chi connectivity index (χ0n) is 10.4. The lowest BCUT2D eigenvalue weighted by Gasteiger charge is -2.05. The van der Waals surface area contributed by atoms with Gasteiger partial charge in [-0.3, -0.25) is 4.79 Å². The Morgan fingerprint density at radius 1 is 1.38 bits per heavy atom. The molecule has 106 valence electrons. The van der Waals surface area contributed by atoms with Crippen molar-refractivity contribution in [1.29, 1.82) is 0 Å². The number of carbonyl (C=O) groups excluding carboxylic acids is 1. The van der Waals surface area contributed by atoms with Gasteiger partial charge in [0.1, 0.15) is 9.71 Å². The van der Waals surface area contributed by atoms with E-state index in [-0.39, 0.29) is 5.91 Å². The van der Waals surface area contributed by atoms with Crippen LogP contribution in [0.2, 0.25) is 5.02 Å². The molecule has 0 aliphatic rings. The molecule has 0 saturated heterocycles. The van der Waals surface area contributed by atoms with Gasteiger partial charge < -0.3 is 11.1 Å². The maximum absolute atomic E-state index is 12.3. The summed E-state index contributed by atoms with van der Waals surface area (Å²) in [7, 11) is 0. The molecule has 2 aromatic heterocycles. The summed E-state index contributed by atoms with van der Waals surface area (Å²) in [4.78, 5) is 13.4. The van der Waals surface area contributed by atoms with E-state index >= 15 is 0 Å². The summed E-state index contributed by atoms with van der Waals surface area (Å²) in [6.07, 6.45) is 1.54. The minimum Gasteiger partial charge on any atom is -0.397 e. The quantitative estimate of drug-likeness (QED) is 0.702. The number of benzene rings is 1. The normalized spacial score (nSPS) is 10.8. The number of nitrogens with two attached hydrogens (primary N) is 1. The molecule has 0 atom stereocenters. The second-order valence-electron chi connectivity index (χ2n) is 4.18. The van der Waals surface area contributed by atoms with Crippen molar-refractivity contribution in [3.8, 4) is 0 Å². The van der Waals surface area contributed by atoms with Crippen molar-refractivity contribution in [2.45, 2.75) is 0 Å². The van der Waals surface area contributed by atoms with E-state index in [4.69, 9.17) is 17.3 Å². The van der Waals surface area contributed by atoms with Gasteiger partial charge in [-0.15, -0.1) is 16.4 Å². The van der Waals surface area contributed by atoms with Crippen LogP contribution in [0.4, 0.5) is 11.4 Å². The number of aromatic nitrogens is 2. The number of hydrogen-bond donors (Lipinski definition) is 2. The Balaban J connectivity index is 1.93. The number of halogens is 2. The molecule has 0 radical (unpaired) electrons. The average molecular weight is 384 g/mol. The fraction of sp³-hybridized carbons (Fsp3) is 0. The second-order valence-corrected chi connectivity index (χ2v) is 6.44. The first-order valence-corrected chi connectivity index (χ1v) is 7.81. The lowest BCUT2D eigenvalue weighted by molar-refractivity contribution is 0.103. The number of nitrogen functional groups attached to an aromatic ring is 1. The molecule has 1 amide bonds. The average Bonchev–Trinajstić information content (AvgIpc) is 2.81. The van der Waals surface area contributed by atoms with E-state index in [1.165, 1.54) is 11.3 Å². The second kappa shape index (κ2) is 5.59. The van der Waals surface area contributed by atoms with E-state index in [1.807, 2.05) is 0 Å². The van der Waals surface area contributed by atoms with Crippen LogP contribution in [0.15, 0.2) is 34.9 Å². The SMILES string of the molecule is Nc1c(C(=O)Nc2ccc(Br)c(Cl)c2)sc2nnccc12. The predicted molar refractivity (Wildman–Crippen MR) is 88.9 cm³/mol. The Morgan fingerprint density at radius 3 is 2.90 bits per heavy atom. The number of carbonyl (C=O) groups is 1. The summed E-state index contributed by atoms with van der Waals surface area (Å²) in [6.45, 7) is 0. The zero-order chi connectivity index (χ0) is 15.0. The maximum atomic E-state index is 12.3. The Morgan fingerprint density at radius 2 is 2.19 bits per heavy atom. The van der Waals surface area contributed by atoms with Crippen molar-refractivity contribution in [1.82, 2.24) is 10.2 Å². The third-order valence-electron chi connectivity index (χ3n) is 2.80. The molecule has 0 aliphatic heterocycles. The maximum Gasteiger partial charge on any atom is 0.267 e. The summed E-state index contributed by atoms with van der Waals surface area (Å²) in [5.74, 6) is -0.297. The molecule has 3 N–H and O–H groups in total. The van der Waals surface area contributed by atoms with Gasteiger partial charge in [-0.05, 0) is 40.2 Å². The van der Waals surface area contributed by atoms with E-state index in [2.05, 4.69) is 31.4 Å². The number of nitrogens with one attached hydrogen (secondary N) is 1. The molecule has 21 heavy (non-hydrogen) atoms. The molecule has 0 spiro atoms. The van der Waals surface area contributed by atoms with Crippen molar-refractivity contribution >= 4 is 66.4 Å². The standard InChI is InChI=1S/C13H8BrClN4OS/c14-8-2-1-6(5-9(8)15)18-12(20)11-10(16)7-3-4-17-19-13(7)21-11/h1-5H,16H2,(H,18,20). The number of hydrogen-bond acceptors (Lipinski definition) is 5. The third kappa shape index (κ3) is 2.72. The summed E-state index contributed by atoms with van der Waals surface area (Å²) in [5, 5.41) is 11.8. The van der Waals surface area contributed by atoms with Crippen molar-refractivity contribution in [3.05, 3.63) is 44.8 Å².